The standard InChI is InChI=1S/C17H21N3O/c1-2-5-13(6-3-1)17-18-15-8-9-20(11-16(15)19-17)14-7-4-10-21-12-14/h1-3,5-6,14H,4,7-12H2,(H,18,19)/t14-/m1/s1. The van der Waals surface area contributed by atoms with E-state index in [2.05, 4.69) is 34.1 Å². The molecule has 0 spiro atoms. The third-order valence-corrected chi connectivity index (χ3v) is 4.56. The minimum absolute atomic E-state index is 0.579. The van der Waals surface area contributed by atoms with Crippen molar-refractivity contribution in [2.24, 2.45) is 0 Å². The monoisotopic (exact) mass is 283 g/mol. The van der Waals surface area contributed by atoms with Gasteiger partial charge in [-0.2, -0.15) is 0 Å². The lowest BCUT2D eigenvalue weighted by Gasteiger charge is -2.35. The normalized spacial score (nSPS) is 23.0. The van der Waals surface area contributed by atoms with Crippen molar-refractivity contribution < 1.29 is 4.74 Å². The number of H-pyrrole nitrogens is 1. The van der Waals surface area contributed by atoms with Crippen LogP contribution in [0.2, 0.25) is 0 Å². The Morgan fingerprint density at radius 2 is 2.14 bits per heavy atom. The number of benzene rings is 1. The number of aromatic amines is 1. The number of hydrogen-bond donors (Lipinski definition) is 1. The molecule has 0 aliphatic carbocycles. The van der Waals surface area contributed by atoms with E-state index in [4.69, 9.17) is 9.72 Å². The Kier molecular flexibility index (Phi) is 3.49. The molecule has 0 radical (unpaired) electrons. The summed E-state index contributed by atoms with van der Waals surface area (Å²) >= 11 is 0. The zero-order chi connectivity index (χ0) is 14.1. The Bertz CT molecular complexity index is 602. The Hall–Kier alpha value is -1.65. The summed E-state index contributed by atoms with van der Waals surface area (Å²) in [4.78, 5) is 10.9. The van der Waals surface area contributed by atoms with Crippen LogP contribution in [0.5, 0.6) is 0 Å². The van der Waals surface area contributed by atoms with E-state index in [0.717, 1.165) is 38.5 Å². The van der Waals surface area contributed by atoms with Crippen LogP contribution in [0, 0.1) is 0 Å². The zero-order valence-corrected chi connectivity index (χ0v) is 12.2. The van der Waals surface area contributed by atoms with Gasteiger partial charge in [0.05, 0.1) is 18.0 Å². The van der Waals surface area contributed by atoms with Gasteiger partial charge in [0.15, 0.2) is 0 Å². The quantitative estimate of drug-likeness (QED) is 0.921. The number of ether oxygens (including phenoxy) is 1. The zero-order valence-electron chi connectivity index (χ0n) is 12.2. The first-order valence-corrected chi connectivity index (χ1v) is 7.85. The van der Waals surface area contributed by atoms with Gasteiger partial charge in [-0.1, -0.05) is 30.3 Å². The molecule has 1 N–H and O–H groups in total. The molecule has 4 nitrogen and oxygen atoms in total. The van der Waals surface area contributed by atoms with Gasteiger partial charge >= 0.3 is 0 Å². The minimum atomic E-state index is 0.579. The molecule has 1 fully saturated rings. The Morgan fingerprint density at radius 3 is 2.95 bits per heavy atom. The molecule has 0 bridgehead atoms. The van der Waals surface area contributed by atoms with Crippen LogP contribution in [-0.2, 0) is 17.7 Å². The second-order valence-electron chi connectivity index (χ2n) is 5.97. The highest BCUT2D eigenvalue weighted by Crippen LogP contribution is 2.25. The van der Waals surface area contributed by atoms with E-state index >= 15 is 0 Å². The first-order valence-electron chi connectivity index (χ1n) is 7.85. The Labute approximate surface area is 125 Å². The van der Waals surface area contributed by atoms with Crippen LogP contribution < -0.4 is 0 Å². The third-order valence-electron chi connectivity index (χ3n) is 4.56. The summed E-state index contributed by atoms with van der Waals surface area (Å²) in [5.41, 5.74) is 3.69. The summed E-state index contributed by atoms with van der Waals surface area (Å²) in [6, 6.07) is 11.0. The van der Waals surface area contributed by atoms with Crippen LogP contribution in [0.25, 0.3) is 11.4 Å². The predicted octanol–water partition coefficient (Wildman–Crippen LogP) is 2.61. The van der Waals surface area contributed by atoms with Gasteiger partial charge in [-0.05, 0) is 12.8 Å². The maximum atomic E-state index is 5.63. The van der Waals surface area contributed by atoms with E-state index < -0.39 is 0 Å². The molecular formula is C17H21N3O. The van der Waals surface area contributed by atoms with E-state index in [1.165, 1.54) is 29.8 Å². The molecule has 1 saturated heterocycles. The van der Waals surface area contributed by atoms with E-state index in [1.54, 1.807) is 0 Å². The summed E-state index contributed by atoms with van der Waals surface area (Å²) in [5, 5.41) is 0. The van der Waals surface area contributed by atoms with Gasteiger partial charge in [-0.25, -0.2) is 4.98 Å². The maximum Gasteiger partial charge on any atom is 0.137 e. The van der Waals surface area contributed by atoms with Crippen molar-refractivity contribution in [3.63, 3.8) is 0 Å². The van der Waals surface area contributed by atoms with Crippen molar-refractivity contribution in [3.8, 4) is 11.4 Å². The van der Waals surface area contributed by atoms with Gasteiger partial charge in [0.2, 0.25) is 0 Å². The second-order valence-corrected chi connectivity index (χ2v) is 5.97. The van der Waals surface area contributed by atoms with Crippen molar-refractivity contribution in [1.82, 2.24) is 14.9 Å². The smallest absolute Gasteiger partial charge is 0.137 e. The fourth-order valence-electron chi connectivity index (χ4n) is 3.37. The fraction of sp³-hybridized carbons (Fsp3) is 0.471. The number of rotatable bonds is 2. The SMILES string of the molecule is c1ccc(-c2nc3c([nH]2)CN([C@@H]2CCCOC2)CC3)cc1. The van der Waals surface area contributed by atoms with Gasteiger partial charge in [-0.15, -0.1) is 0 Å². The Morgan fingerprint density at radius 1 is 1.24 bits per heavy atom. The van der Waals surface area contributed by atoms with Gasteiger partial charge < -0.3 is 9.72 Å². The highest BCUT2D eigenvalue weighted by molar-refractivity contribution is 5.55. The van der Waals surface area contributed by atoms with E-state index in [-0.39, 0.29) is 0 Å². The molecule has 2 aliphatic heterocycles. The molecule has 0 amide bonds. The molecule has 2 aromatic rings. The topological polar surface area (TPSA) is 41.2 Å². The van der Waals surface area contributed by atoms with Crippen LogP contribution in [0.3, 0.4) is 0 Å². The first kappa shape index (κ1) is 13.0. The molecular weight excluding hydrogens is 262 g/mol. The number of imidazole rings is 1. The van der Waals surface area contributed by atoms with Gasteiger partial charge in [-0.3, -0.25) is 4.90 Å². The number of nitrogens with one attached hydrogen (secondary N) is 1. The average molecular weight is 283 g/mol. The molecule has 21 heavy (non-hydrogen) atoms. The van der Waals surface area contributed by atoms with Crippen molar-refractivity contribution in [1.29, 1.82) is 0 Å². The summed E-state index contributed by atoms with van der Waals surface area (Å²) in [7, 11) is 0. The van der Waals surface area contributed by atoms with Crippen molar-refractivity contribution in [2.75, 3.05) is 19.8 Å². The molecule has 1 atom stereocenters. The van der Waals surface area contributed by atoms with Crippen LogP contribution in [0.1, 0.15) is 24.2 Å². The molecule has 1 aromatic carbocycles. The molecule has 3 heterocycles. The van der Waals surface area contributed by atoms with Crippen molar-refractivity contribution in [2.45, 2.75) is 31.8 Å². The lowest BCUT2D eigenvalue weighted by Crippen LogP contribution is -2.43. The van der Waals surface area contributed by atoms with Crippen LogP contribution in [0.4, 0.5) is 0 Å². The molecule has 0 unspecified atom stereocenters. The van der Waals surface area contributed by atoms with Crippen LogP contribution in [-0.4, -0.2) is 40.7 Å². The number of hydrogen-bond acceptors (Lipinski definition) is 3. The molecule has 0 saturated carbocycles. The number of nitrogens with zero attached hydrogens (tertiary/aromatic N) is 2. The van der Waals surface area contributed by atoms with Gasteiger partial charge in [0.1, 0.15) is 5.82 Å². The maximum absolute atomic E-state index is 5.63. The number of fused-ring (bicyclic) bond motifs is 1. The molecule has 4 rings (SSSR count). The molecule has 4 heteroatoms. The lowest BCUT2D eigenvalue weighted by atomic mass is 10.0. The summed E-state index contributed by atoms with van der Waals surface area (Å²) in [6.07, 6.45) is 3.48. The molecule has 110 valence electrons. The fourth-order valence-corrected chi connectivity index (χ4v) is 3.37. The highest BCUT2D eigenvalue weighted by Gasteiger charge is 2.27. The summed E-state index contributed by atoms with van der Waals surface area (Å²) in [5.74, 6) is 1.00. The summed E-state index contributed by atoms with van der Waals surface area (Å²) < 4.78 is 5.63. The van der Waals surface area contributed by atoms with Crippen molar-refractivity contribution in [3.05, 3.63) is 41.7 Å². The second kappa shape index (κ2) is 5.62. The highest BCUT2D eigenvalue weighted by atomic mass is 16.5. The molecule has 2 aliphatic rings. The van der Waals surface area contributed by atoms with Crippen molar-refractivity contribution >= 4 is 0 Å². The van der Waals surface area contributed by atoms with Crippen LogP contribution in [0.15, 0.2) is 30.3 Å². The largest absolute Gasteiger partial charge is 0.380 e. The average Bonchev–Trinajstić information content (AvgIpc) is 2.99. The number of aromatic nitrogens is 2. The minimum Gasteiger partial charge on any atom is -0.380 e. The lowest BCUT2D eigenvalue weighted by molar-refractivity contribution is 0.0119. The Balaban J connectivity index is 1.54. The van der Waals surface area contributed by atoms with Crippen LogP contribution >= 0.6 is 0 Å². The van der Waals surface area contributed by atoms with Gasteiger partial charge in [0.25, 0.3) is 0 Å². The van der Waals surface area contributed by atoms with E-state index in [0.29, 0.717) is 6.04 Å². The third kappa shape index (κ3) is 2.61. The van der Waals surface area contributed by atoms with E-state index in [1.807, 2.05) is 6.07 Å². The van der Waals surface area contributed by atoms with Gasteiger partial charge in [0, 0.05) is 37.7 Å². The first-order chi connectivity index (χ1) is 10.4. The molecule has 1 aromatic heterocycles. The van der Waals surface area contributed by atoms with E-state index in [9.17, 15) is 0 Å². The predicted molar refractivity (Wildman–Crippen MR) is 82.0 cm³/mol. The summed E-state index contributed by atoms with van der Waals surface area (Å²) in [6.45, 7) is 3.89.